The third kappa shape index (κ3) is 2.55. The molecule has 27 heavy (non-hydrogen) atoms. The van der Waals surface area contributed by atoms with E-state index in [4.69, 9.17) is 28.4 Å². The van der Waals surface area contributed by atoms with Crippen LogP contribution in [0.15, 0.2) is 36.4 Å². The van der Waals surface area contributed by atoms with Gasteiger partial charge in [0.05, 0.1) is 25.4 Å². The van der Waals surface area contributed by atoms with Crippen LogP contribution < -0.4 is 18.9 Å². The molecule has 2 aromatic rings. The van der Waals surface area contributed by atoms with E-state index in [2.05, 4.69) is 12.1 Å². The van der Waals surface area contributed by atoms with Gasteiger partial charge < -0.3 is 28.4 Å². The van der Waals surface area contributed by atoms with E-state index in [1.54, 1.807) is 0 Å². The summed E-state index contributed by atoms with van der Waals surface area (Å²) in [6, 6.07) is 12.1. The molecule has 2 saturated heterocycles. The molecule has 0 amide bonds. The van der Waals surface area contributed by atoms with Crippen molar-refractivity contribution in [3.63, 3.8) is 0 Å². The van der Waals surface area contributed by atoms with Crippen LogP contribution in [0.2, 0.25) is 0 Å². The molecule has 142 valence electrons. The molecule has 4 aliphatic heterocycles. The lowest BCUT2D eigenvalue weighted by Gasteiger charge is -2.17. The van der Waals surface area contributed by atoms with Crippen LogP contribution >= 0.6 is 0 Å². The van der Waals surface area contributed by atoms with E-state index < -0.39 is 0 Å². The number of ether oxygens (including phenoxy) is 6. The van der Waals surface area contributed by atoms with Gasteiger partial charge in [0.15, 0.2) is 23.0 Å². The molecule has 4 heterocycles. The highest BCUT2D eigenvalue weighted by Crippen LogP contribution is 2.52. The summed E-state index contributed by atoms with van der Waals surface area (Å²) in [5, 5.41) is 0. The van der Waals surface area contributed by atoms with Gasteiger partial charge in [-0.25, -0.2) is 0 Å². The van der Waals surface area contributed by atoms with Crippen molar-refractivity contribution in [3.8, 4) is 23.0 Å². The Balaban J connectivity index is 0.00000160. The molecule has 2 aromatic carbocycles. The Morgan fingerprint density at radius 2 is 1.04 bits per heavy atom. The monoisotopic (exact) mass is 370 g/mol. The summed E-state index contributed by atoms with van der Waals surface area (Å²) in [5.41, 5.74) is 2.24. The van der Waals surface area contributed by atoms with Gasteiger partial charge in [-0.05, 0) is 35.4 Å². The molecule has 2 fully saturated rings. The average molecular weight is 370 g/mol. The molecule has 4 atom stereocenters. The summed E-state index contributed by atoms with van der Waals surface area (Å²) >= 11 is 0. The Kier molecular flexibility index (Phi) is 3.91. The zero-order valence-corrected chi connectivity index (χ0v) is 14.1. The van der Waals surface area contributed by atoms with Gasteiger partial charge in [0, 0.05) is 11.8 Å². The summed E-state index contributed by atoms with van der Waals surface area (Å²) in [4.78, 5) is 0. The fourth-order valence-electron chi connectivity index (χ4n) is 4.41. The van der Waals surface area contributed by atoms with Crippen molar-refractivity contribution in [3.05, 3.63) is 47.5 Å². The van der Waals surface area contributed by atoms with Crippen LogP contribution in [0, 0.1) is 11.8 Å². The first-order valence-corrected chi connectivity index (χ1v) is 8.89. The van der Waals surface area contributed by atoms with Crippen LogP contribution in [0.3, 0.4) is 0 Å². The van der Waals surface area contributed by atoms with E-state index >= 15 is 0 Å². The number of fused-ring (bicyclic) bond motifs is 3. The van der Waals surface area contributed by atoms with Crippen molar-refractivity contribution in [2.45, 2.75) is 19.6 Å². The molecule has 4 aliphatic rings. The first-order chi connectivity index (χ1) is 12.9. The minimum atomic E-state index is 0. The fourth-order valence-corrected chi connectivity index (χ4v) is 4.41. The summed E-state index contributed by atoms with van der Waals surface area (Å²) in [7, 11) is 0. The van der Waals surface area contributed by atoms with E-state index in [0.717, 1.165) is 34.1 Å². The fraction of sp³-hybridized carbons (Fsp3) is 0.429. The van der Waals surface area contributed by atoms with Crippen molar-refractivity contribution in [1.29, 1.82) is 0 Å². The normalized spacial score (nSPS) is 29.5. The number of hydrogen-bond donors (Lipinski definition) is 0. The molecule has 6 nitrogen and oxygen atoms in total. The number of benzene rings is 2. The highest BCUT2D eigenvalue weighted by Gasteiger charge is 2.48. The van der Waals surface area contributed by atoms with Crippen LogP contribution in [-0.2, 0) is 9.47 Å². The quantitative estimate of drug-likeness (QED) is 0.800. The van der Waals surface area contributed by atoms with Gasteiger partial charge in [0.1, 0.15) is 0 Å². The predicted molar refractivity (Wildman–Crippen MR) is 96.2 cm³/mol. The molecule has 0 saturated carbocycles. The second-order valence-corrected chi connectivity index (χ2v) is 7.06. The van der Waals surface area contributed by atoms with Crippen molar-refractivity contribution >= 4 is 0 Å². The minimum absolute atomic E-state index is 0. The van der Waals surface area contributed by atoms with E-state index in [9.17, 15) is 0 Å². The highest BCUT2D eigenvalue weighted by molar-refractivity contribution is 5.46. The van der Waals surface area contributed by atoms with Crippen LogP contribution in [0.25, 0.3) is 0 Å². The molecule has 0 unspecified atom stereocenters. The number of hydrogen-bond acceptors (Lipinski definition) is 6. The Morgan fingerprint density at radius 3 is 1.52 bits per heavy atom. The maximum absolute atomic E-state index is 6.18. The topological polar surface area (TPSA) is 55.4 Å². The second kappa shape index (κ2) is 6.32. The van der Waals surface area contributed by atoms with Crippen LogP contribution in [0.1, 0.15) is 30.8 Å². The van der Waals surface area contributed by atoms with Crippen molar-refractivity contribution in [2.24, 2.45) is 11.8 Å². The molecule has 0 N–H and O–H groups in total. The third-order valence-electron chi connectivity index (χ3n) is 5.71. The zero-order chi connectivity index (χ0) is 17.1. The summed E-state index contributed by atoms with van der Waals surface area (Å²) in [5.74, 6) is 3.83. The molecule has 6 heteroatoms. The SMILES string of the molecule is C.c1cc2c(cc1[C@H]1OC[C@H]3[C@@H]1CO[C@@H]3c1ccc3c(c1)OCO3)OCO2. The average Bonchev–Trinajstić information content (AvgIpc) is 3.42. The van der Waals surface area contributed by atoms with Gasteiger partial charge in [-0.2, -0.15) is 0 Å². The molecule has 0 spiro atoms. The Bertz CT molecular complexity index is 794. The number of rotatable bonds is 2. The van der Waals surface area contributed by atoms with Crippen LogP contribution in [-0.4, -0.2) is 26.8 Å². The molecule has 0 bridgehead atoms. The largest absolute Gasteiger partial charge is 0.454 e. The maximum Gasteiger partial charge on any atom is 0.231 e. The molecule has 6 rings (SSSR count). The maximum atomic E-state index is 6.18. The molecule has 0 aromatic heterocycles. The van der Waals surface area contributed by atoms with E-state index in [1.807, 2.05) is 24.3 Å². The van der Waals surface area contributed by atoms with Gasteiger partial charge >= 0.3 is 0 Å². The first kappa shape index (κ1) is 16.7. The lowest BCUT2D eigenvalue weighted by Crippen LogP contribution is -2.14. The highest BCUT2D eigenvalue weighted by atomic mass is 16.7. The summed E-state index contributed by atoms with van der Waals surface area (Å²) < 4.78 is 34.2. The Hall–Kier alpha value is -2.44. The van der Waals surface area contributed by atoms with Gasteiger partial charge in [0.2, 0.25) is 13.6 Å². The standard InChI is InChI=1S/C20H18O6.CH4/c1-3-15-17(25-9-23-15)5-11(1)19-13-7-22-20(14(13)8-21-19)12-2-4-16-18(6-12)26-10-24-16;/h1-6,13-14,19-20H,7-10H2;1H4/t13-,14-,19+,20+;/m0./s1. The first-order valence-electron chi connectivity index (χ1n) is 8.89. The summed E-state index contributed by atoms with van der Waals surface area (Å²) in [6.45, 7) is 1.93. The lowest BCUT2D eigenvalue weighted by atomic mass is 9.85. The molecular formula is C21H22O6. The minimum Gasteiger partial charge on any atom is -0.454 e. The van der Waals surface area contributed by atoms with Crippen molar-refractivity contribution in [1.82, 2.24) is 0 Å². The van der Waals surface area contributed by atoms with Crippen molar-refractivity contribution in [2.75, 3.05) is 26.8 Å². The van der Waals surface area contributed by atoms with E-state index in [1.165, 1.54) is 0 Å². The van der Waals surface area contributed by atoms with Gasteiger partial charge in [-0.15, -0.1) is 0 Å². The van der Waals surface area contributed by atoms with Crippen LogP contribution in [0.5, 0.6) is 23.0 Å². The smallest absolute Gasteiger partial charge is 0.231 e. The predicted octanol–water partition coefficient (Wildman–Crippen LogP) is 3.86. The van der Waals surface area contributed by atoms with Crippen molar-refractivity contribution < 1.29 is 28.4 Å². The molecular weight excluding hydrogens is 348 g/mol. The Morgan fingerprint density at radius 1 is 0.593 bits per heavy atom. The summed E-state index contributed by atoms with van der Waals surface area (Å²) in [6.07, 6.45) is 0.0435. The third-order valence-corrected chi connectivity index (χ3v) is 5.71. The Labute approximate surface area is 157 Å². The van der Waals surface area contributed by atoms with Gasteiger partial charge in [0.25, 0.3) is 0 Å². The lowest BCUT2D eigenvalue weighted by molar-refractivity contribution is 0.0192. The van der Waals surface area contributed by atoms with Gasteiger partial charge in [-0.1, -0.05) is 19.6 Å². The second-order valence-electron chi connectivity index (χ2n) is 7.06. The van der Waals surface area contributed by atoms with E-state index in [0.29, 0.717) is 25.0 Å². The zero-order valence-electron chi connectivity index (χ0n) is 14.1. The van der Waals surface area contributed by atoms with Gasteiger partial charge in [-0.3, -0.25) is 0 Å². The van der Waals surface area contributed by atoms with E-state index in [-0.39, 0.29) is 33.2 Å². The molecule has 0 radical (unpaired) electrons. The van der Waals surface area contributed by atoms with Crippen LogP contribution in [0.4, 0.5) is 0 Å². The molecule has 0 aliphatic carbocycles.